The lowest BCUT2D eigenvalue weighted by atomic mass is 9.84. The molecule has 5 nitrogen and oxygen atoms in total. The summed E-state index contributed by atoms with van der Waals surface area (Å²) in [5.41, 5.74) is 1.59. The lowest BCUT2D eigenvalue weighted by Crippen LogP contribution is -2.48. The summed E-state index contributed by atoms with van der Waals surface area (Å²) >= 11 is 0. The molecule has 1 amide bonds. The van der Waals surface area contributed by atoms with Crippen molar-refractivity contribution >= 4 is 11.6 Å². The molecule has 1 saturated heterocycles. The summed E-state index contributed by atoms with van der Waals surface area (Å²) < 4.78 is 0. The Bertz CT molecular complexity index is 583. The first-order chi connectivity index (χ1) is 10.7. The predicted octanol–water partition coefficient (Wildman–Crippen LogP) is 2.18. The average Bonchev–Trinajstić information content (AvgIpc) is 2.52. The number of nitrogens with zero attached hydrogens (tertiary/aromatic N) is 4. The van der Waals surface area contributed by atoms with Gasteiger partial charge < -0.3 is 9.80 Å². The molecule has 1 aromatic heterocycles. The number of pyridine rings is 1. The number of anilines is 1. The zero-order chi connectivity index (χ0) is 15.5. The lowest BCUT2D eigenvalue weighted by Gasteiger charge is -2.40. The van der Waals surface area contributed by atoms with Crippen LogP contribution in [0.3, 0.4) is 0 Å². The van der Waals surface area contributed by atoms with Crippen LogP contribution in [0.2, 0.25) is 0 Å². The zero-order valence-electron chi connectivity index (χ0n) is 13.0. The number of hydrogen-bond acceptors (Lipinski definition) is 4. The number of rotatable bonds is 3. The molecule has 0 radical (unpaired) electrons. The number of carbonyl (C=O) groups excluding carboxylic acids is 1. The number of nitriles is 1. The quantitative estimate of drug-likeness (QED) is 0.858. The van der Waals surface area contributed by atoms with Gasteiger partial charge in [0, 0.05) is 38.3 Å². The van der Waals surface area contributed by atoms with E-state index in [4.69, 9.17) is 0 Å². The van der Waals surface area contributed by atoms with E-state index in [0.717, 1.165) is 44.5 Å². The highest BCUT2D eigenvalue weighted by Gasteiger charge is 2.32. The number of hydrogen-bond donors (Lipinski definition) is 0. The molecule has 0 bridgehead atoms. The van der Waals surface area contributed by atoms with Gasteiger partial charge in [0.2, 0.25) is 5.91 Å². The molecule has 1 saturated carbocycles. The Labute approximate surface area is 131 Å². The maximum Gasteiger partial charge on any atom is 0.225 e. The standard InChI is InChI=1S/C17H22N4O/c1-20(17(22)13-3-2-4-13)15-6-9-21(10-7-15)16-12-19-8-5-14(16)11-18/h5,8,12-13,15H,2-4,6-7,9-10H2,1H3. The summed E-state index contributed by atoms with van der Waals surface area (Å²) in [5.74, 6) is 0.593. The van der Waals surface area contributed by atoms with Gasteiger partial charge in [-0.05, 0) is 31.7 Å². The van der Waals surface area contributed by atoms with Crippen LogP contribution in [0.5, 0.6) is 0 Å². The molecule has 5 heteroatoms. The molecule has 2 aliphatic rings. The number of aromatic nitrogens is 1. The molecule has 0 N–H and O–H groups in total. The summed E-state index contributed by atoms with van der Waals surface area (Å²) in [6, 6.07) is 4.31. The van der Waals surface area contributed by atoms with Crippen LogP contribution in [0.25, 0.3) is 0 Å². The molecule has 0 atom stereocenters. The van der Waals surface area contributed by atoms with Gasteiger partial charge in [-0.25, -0.2) is 0 Å². The SMILES string of the molecule is CN(C(=O)C1CCC1)C1CCN(c2cnccc2C#N)CC1. The minimum Gasteiger partial charge on any atom is -0.369 e. The molecule has 116 valence electrons. The van der Waals surface area contributed by atoms with E-state index >= 15 is 0 Å². The van der Waals surface area contributed by atoms with Crippen molar-refractivity contribution in [3.8, 4) is 6.07 Å². The first kappa shape index (κ1) is 14.8. The van der Waals surface area contributed by atoms with Crippen LogP contribution < -0.4 is 4.90 Å². The van der Waals surface area contributed by atoms with E-state index in [1.54, 1.807) is 18.5 Å². The Morgan fingerprint density at radius 2 is 2.09 bits per heavy atom. The summed E-state index contributed by atoms with van der Waals surface area (Å²) in [6.45, 7) is 1.74. The summed E-state index contributed by atoms with van der Waals surface area (Å²) in [7, 11) is 1.95. The van der Waals surface area contributed by atoms with Gasteiger partial charge in [0.05, 0.1) is 17.4 Å². The van der Waals surface area contributed by atoms with Crippen LogP contribution in [-0.2, 0) is 4.79 Å². The highest BCUT2D eigenvalue weighted by molar-refractivity contribution is 5.79. The van der Waals surface area contributed by atoms with E-state index in [9.17, 15) is 10.1 Å². The maximum absolute atomic E-state index is 12.3. The molecule has 1 aliphatic carbocycles. The van der Waals surface area contributed by atoms with Crippen molar-refractivity contribution in [2.75, 3.05) is 25.0 Å². The van der Waals surface area contributed by atoms with Gasteiger partial charge in [-0.3, -0.25) is 9.78 Å². The second kappa shape index (κ2) is 6.35. The van der Waals surface area contributed by atoms with Gasteiger partial charge in [0.25, 0.3) is 0 Å². The fourth-order valence-electron chi connectivity index (χ4n) is 3.35. The number of piperidine rings is 1. The molecule has 3 rings (SSSR count). The molecule has 0 spiro atoms. The van der Waals surface area contributed by atoms with Gasteiger partial charge in [-0.2, -0.15) is 5.26 Å². The summed E-state index contributed by atoms with van der Waals surface area (Å²) in [5, 5.41) is 9.20. The molecular weight excluding hydrogens is 276 g/mol. The topological polar surface area (TPSA) is 60.2 Å². The van der Waals surface area contributed by atoms with Gasteiger partial charge >= 0.3 is 0 Å². The van der Waals surface area contributed by atoms with Gasteiger partial charge in [-0.15, -0.1) is 0 Å². The Kier molecular flexibility index (Phi) is 4.28. The van der Waals surface area contributed by atoms with E-state index in [0.29, 0.717) is 17.5 Å². The Morgan fingerprint density at radius 3 is 2.68 bits per heavy atom. The van der Waals surface area contributed by atoms with Crippen molar-refractivity contribution in [2.45, 2.75) is 38.1 Å². The Morgan fingerprint density at radius 1 is 1.36 bits per heavy atom. The molecule has 22 heavy (non-hydrogen) atoms. The van der Waals surface area contributed by atoms with E-state index in [1.807, 2.05) is 11.9 Å². The van der Waals surface area contributed by atoms with E-state index in [1.165, 1.54) is 6.42 Å². The lowest BCUT2D eigenvalue weighted by molar-refractivity contribution is -0.139. The Hall–Kier alpha value is -2.09. The smallest absolute Gasteiger partial charge is 0.225 e. The van der Waals surface area contributed by atoms with E-state index in [-0.39, 0.29) is 5.92 Å². The normalized spacial score (nSPS) is 19.4. The van der Waals surface area contributed by atoms with Gasteiger partial charge in [0.1, 0.15) is 6.07 Å². The second-order valence-electron chi connectivity index (χ2n) is 6.30. The van der Waals surface area contributed by atoms with Crippen molar-refractivity contribution in [1.82, 2.24) is 9.88 Å². The van der Waals surface area contributed by atoms with Gasteiger partial charge in [-0.1, -0.05) is 6.42 Å². The zero-order valence-corrected chi connectivity index (χ0v) is 13.0. The predicted molar refractivity (Wildman–Crippen MR) is 84.3 cm³/mol. The average molecular weight is 298 g/mol. The molecule has 0 aromatic carbocycles. The van der Waals surface area contributed by atoms with Crippen LogP contribution in [0.1, 0.15) is 37.7 Å². The number of carbonyl (C=O) groups is 1. The highest BCUT2D eigenvalue weighted by atomic mass is 16.2. The van der Waals surface area contributed by atoms with Crippen molar-refractivity contribution in [3.63, 3.8) is 0 Å². The third-order valence-electron chi connectivity index (χ3n) is 5.08. The van der Waals surface area contributed by atoms with Crippen molar-refractivity contribution in [3.05, 3.63) is 24.0 Å². The largest absolute Gasteiger partial charge is 0.369 e. The van der Waals surface area contributed by atoms with Crippen molar-refractivity contribution < 1.29 is 4.79 Å². The fourth-order valence-corrected chi connectivity index (χ4v) is 3.35. The molecular formula is C17H22N4O. The second-order valence-corrected chi connectivity index (χ2v) is 6.30. The van der Waals surface area contributed by atoms with Crippen LogP contribution in [0.4, 0.5) is 5.69 Å². The molecule has 2 heterocycles. The molecule has 1 aromatic rings. The fraction of sp³-hybridized carbons (Fsp3) is 0.588. The van der Waals surface area contributed by atoms with Crippen LogP contribution in [-0.4, -0.2) is 42.0 Å². The third kappa shape index (κ3) is 2.78. The summed E-state index contributed by atoms with van der Waals surface area (Å²) in [4.78, 5) is 20.7. The molecule has 1 aliphatic heterocycles. The Balaban J connectivity index is 1.60. The number of amides is 1. The van der Waals surface area contributed by atoms with E-state index < -0.39 is 0 Å². The van der Waals surface area contributed by atoms with Crippen LogP contribution in [0.15, 0.2) is 18.5 Å². The van der Waals surface area contributed by atoms with Crippen LogP contribution in [0, 0.1) is 17.2 Å². The molecule has 2 fully saturated rings. The monoisotopic (exact) mass is 298 g/mol. The minimum atomic E-state index is 0.270. The first-order valence-electron chi connectivity index (χ1n) is 8.06. The van der Waals surface area contributed by atoms with E-state index in [2.05, 4.69) is 16.0 Å². The van der Waals surface area contributed by atoms with Crippen molar-refractivity contribution in [2.24, 2.45) is 5.92 Å². The van der Waals surface area contributed by atoms with Gasteiger partial charge in [0.15, 0.2) is 0 Å². The minimum absolute atomic E-state index is 0.270. The summed E-state index contributed by atoms with van der Waals surface area (Å²) in [6.07, 6.45) is 8.64. The maximum atomic E-state index is 12.3. The van der Waals surface area contributed by atoms with Crippen LogP contribution >= 0.6 is 0 Å². The third-order valence-corrected chi connectivity index (χ3v) is 5.08. The first-order valence-corrected chi connectivity index (χ1v) is 8.06. The molecule has 0 unspecified atom stereocenters. The highest BCUT2D eigenvalue weighted by Crippen LogP contribution is 2.30. The van der Waals surface area contributed by atoms with Crippen molar-refractivity contribution in [1.29, 1.82) is 5.26 Å².